The third-order valence-corrected chi connectivity index (χ3v) is 5.45. The van der Waals surface area contributed by atoms with E-state index in [0.29, 0.717) is 18.3 Å². The lowest BCUT2D eigenvalue weighted by Gasteiger charge is -2.61. The van der Waals surface area contributed by atoms with Crippen LogP contribution in [0.2, 0.25) is 0 Å². The molecule has 1 heterocycles. The Bertz CT molecular complexity index is 499. The number of carbonyl (C=O) groups is 1. The number of rotatable bonds is 3. The molecule has 5 rings (SSSR count). The van der Waals surface area contributed by atoms with Crippen LogP contribution in [0.25, 0.3) is 0 Å². The summed E-state index contributed by atoms with van der Waals surface area (Å²) < 4.78 is 0. The van der Waals surface area contributed by atoms with Crippen molar-refractivity contribution < 1.29 is 9.90 Å². The average Bonchev–Trinajstić information content (AvgIpc) is 2.78. The Balaban J connectivity index is 1.74. The Morgan fingerprint density at radius 1 is 1.32 bits per heavy atom. The van der Waals surface area contributed by atoms with Crippen LogP contribution in [0.1, 0.15) is 44.9 Å². The van der Waals surface area contributed by atoms with E-state index in [1.807, 2.05) is 0 Å². The molecule has 6 nitrogen and oxygen atoms in total. The summed E-state index contributed by atoms with van der Waals surface area (Å²) in [4.78, 5) is 13.0. The zero-order valence-corrected chi connectivity index (χ0v) is 10.8. The van der Waals surface area contributed by atoms with Gasteiger partial charge in [-0.1, -0.05) is 0 Å². The monoisotopic (exact) mass is 262 g/mol. The molecule has 0 aliphatic heterocycles. The molecular formula is C13H18N4O2. The highest BCUT2D eigenvalue weighted by molar-refractivity contribution is 5.67. The molecule has 0 amide bonds. The minimum Gasteiger partial charge on any atom is -0.481 e. The lowest BCUT2D eigenvalue weighted by atomic mass is 9.46. The fourth-order valence-corrected chi connectivity index (χ4v) is 5.55. The molecule has 1 N–H and O–H groups in total. The molecule has 2 atom stereocenters. The maximum absolute atomic E-state index is 11.2. The first-order valence-electron chi connectivity index (χ1n) is 7.05. The van der Waals surface area contributed by atoms with Gasteiger partial charge in [0.1, 0.15) is 0 Å². The van der Waals surface area contributed by atoms with Crippen LogP contribution in [0.5, 0.6) is 0 Å². The minimum absolute atomic E-state index is 0.0243. The van der Waals surface area contributed by atoms with E-state index in [1.165, 1.54) is 12.7 Å². The topological polar surface area (TPSA) is 80.9 Å². The molecule has 0 aromatic carbocycles. The summed E-state index contributed by atoms with van der Waals surface area (Å²) >= 11 is 0. The number of carboxylic acids is 1. The van der Waals surface area contributed by atoms with E-state index in [1.54, 1.807) is 4.80 Å². The van der Waals surface area contributed by atoms with Crippen LogP contribution >= 0.6 is 0 Å². The number of aliphatic carboxylic acids is 1. The Labute approximate surface area is 111 Å². The molecule has 102 valence electrons. The van der Waals surface area contributed by atoms with Crippen LogP contribution < -0.4 is 0 Å². The van der Waals surface area contributed by atoms with Crippen molar-refractivity contribution in [1.29, 1.82) is 0 Å². The van der Waals surface area contributed by atoms with Gasteiger partial charge in [0.15, 0.2) is 6.33 Å². The second-order valence-corrected chi connectivity index (χ2v) is 6.98. The van der Waals surface area contributed by atoms with E-state index in [2.05, 4.69) is 15.4 Å². The Kier molecular flexibility index (Phi) is 2.13. The molecule has 4 bridgehead atoms. The van der Waals surface area contributed by atoms with Crippen LogP contribution in [0.4, 0.5) is 0 Å². The minimum atomic E-state index is -0.663. The number of nitrogens with zero attached hydrogens (tertiary/aromatic N) is 4. The van der Waals surface area contributed by atoms with Crippen molar-refractivity contribution in [3.05, 3.63) is 6.33 Å². The highest BCUT2D eigenvalue weighted by Gasteiger charge is 2.59. The van der Waals surface area contributed by atoms with E-state index in [4.69, 9.17) is 0 Å². The highest BCUT2D eigenvalue weighted by atomic mass is 16.4. The van der Waals surface area contributed by atoms with Gasteiger partial charge in [-0.15, -0.1) is 10.2 Å². The van der Waals surface area contributed by atoms with Crippen molar-refractivity contribution in [3.8, 4) is 0 Å². The molecule has 0 spiro atoms. The van der Waals surface area contributed by atoms with E-state index in [0.717, 1.165) is 32.1 Å². The predicted molar refractivity (Wildman–Crippen MR) is 65.2 cm³/mol. The van der Waals surface area contributed by atoms with E-state index < -0.39 is 5.97 Å². The Morgan fingerprint density at radius 3 is 2.63 bits per heavy atom. The third-order valence-electron chi connectivity index (χ3n) is 5.45. The van der Waals surface area contributed by atoms with Crippen molar-refractivity contribution in [2.24, 2.45) is 17.3 Å². The number of hydrogen-bond acceptors (Lipinski definition) is 4. The van der Waals surface area contributed by atoms with Crippen LogP contribution in [-0.4, -0.2) is 31.3 Å². The van der Waals surface area contributed by atoms with E-state index in [-0.39, 0.29) is 11.0 Å². The molecule has 19 heavy (non-hydrogen) atoms. The van der Waals surface area contributed by atoms with Gasteiger partial charge in [0.05, 0.1) is 12.0 Å². The van der Waals surface area contributed by atoms with Gasteiger partial charge in [0, 0.05) is 0 Å². The molecule has 4 fully saturated rings. The van der Waals surface area contributed by atoms with Gasteiger partial charge in [-0.2, -0.15) is 4.80 Å². The molecule has 1 aromatic rings. The van der Waals surface area contributed by atoms with Crippen LogP contribution in [-0.2, 0) is 10.3 Å². The van der Waals surface area contributed by atoms with E-state index >= 15 is 0 Å². The molecule has 0 saturated heterocycles. The number of carboxylic acid groups (broad SMARTS) is 1. The van der Waals surface area contributed by atoms with Gasteiger partial charge in [-0.25, -0.2) is 0 Å². The lowest BCUT2D eigenvalue weighted by Crippen LogP contribution is -2.57. The molecule has 4 aliphatic carbocycles. The van der Waals surface area contributed by atoms with Crippen LogP contribution in [0.15, 0.2) is 6.33 Å². The van der Waals surface area contributed by atoms with Crippen molar-refractivity contribution >= 4 is 5.97 Å². The summed E-state index contributed by atoms with van der Waals surface area (Å²) in [6.07, 6.45) is 8.31. The van der Waals surface area contributed by atoms with Crippen molar-refractivity contribution in [1.82, 2.24) is 20.2 Å². The zero-order chi connectivity index (χ0) is 13.1. The summed E-state index contributed by atoms with van der Waals surface area (Å²) in [5.74, 6) is 0.627. The van der Waals surface area contributed by atoms with Crippen molar-refractivity contribution in [2.45, 2.75) is 50.5 Å². The van der Waals surface area contributed by atoms with Gasteiger partial charge < -0.3 is 5.11 Å². The molecule has 4 saturated carbocycles. The molecule has 1 aromatic heterocycles. The predicted octanol–water partition coefficient (Wildman–Crippen LogP) is 1.44. The van der Waals surface area contributed by atoms with E-state index in [9.17, 15) is 9.90 Å². The van der Waals surface area contributed by atoms with Crippen molar-refractivity contribution in [2.75, 3.05) is 0 Å². The first-order chi connectivity index (χ1) is 9.09. The second kappa shape index (κ2) is 3.55. The molecule has 6 heteroatoms. The zero-order valence-electron chi connectivity index (χ0n) is 10.8. The van der Waals surface area contributed by atoms with Gasteiger partial charge in [0.2, 0.25) is 0 Å². The lowest BCUT2D eigenvalue weighted by molar-refractivity contribution is -0.152. The molecule has 0 unspecified atom stereocenters. The maximum atomic E-state index is 11.2. The van der Waals surface area contributed by atoms with Gasteiger partial charge in [-0.3, -0.25) is 4.79 Å². The first-order valence-corrected chi connectivity index (χ1v) is 7.05. The largest absolute Gasteiger partial charge is 0.481 e. The molecule has 4 aliphatic rings. The summed E-state index contributed by atoms with van der Waals surface area (Å²) in [5.41, 5.74) is -0.0838. The van der Waals surface area contributed by atoms with Gasteiger partial charge >= 0.3 is 5.97 Å². The number of aromatic nitrogens is 4. The number of hydrogen-bond donors (Lipinski definition) is 1. The normalized spacial score (nSPS) is 43.6. The summed E-state index contributed by atoms with van der Waals surface area (Å²) in [6, 6.07) is 0. The summed E-state index contributed by atoms with van der Waals surface area (Å²) in [5, 5.41) is 21.5. The fraction of sp³-hybridized carbons (Fsp3) is 0.846. The highest BCUT2D eigenvalue weighted by Crippen LogP contribution is 2.64. The fourth-order valence-electron chi connectivity index (χ4n) is 5.55. The third kappa shape index (κ3) is 1.61. The standard InChI is InChI=1S/C13H18N4O2/c18-11(19)6-12-2-9-1-10(3-12)5-13(4-9,7-12)17-15-8-14-16-17/h8-10H,1-7H2,(H,18,19)/t9-,10-,12?,13?/m1/s1. The molecular weight excluding hydrogens is 244 g/mol. The summed E-state index contributed by atoms with van der Waals surface area (Å²) in [6.45, 7) is 0. The summed E-state index contributed by atoms with van der Waals surface area (Å²) in [7, 11) is 0. The smallest absolute Gasteiger partial charge is 0.303 e. The van der Waals surface area contributed by atoms with Gasteiger partial charge in [0.25, 0.3) is 0 Å². The maximum Gasteiger partial charge on any atom is 0.303 e. The van der Waals surface area contributed by atoms with Crippen molar-refractivity contribution in [3.63, 3.8) is 0 Å². The average molecular weight is 262 g/mol. The Morgan fingerprint density at radius 2 is 2.05 bits per heavy atom. The first kappa shape index (κ1) is 11.4. The molecule has 0 radical (unpaired) electrons. The van der Waals surface area contributed by atoms with Crippen LogP contribution in [0, 0.1) is 17.3 Å². The second-order valence-electron chi connectivity index (χ2n) is 6.98. The van der Waals surface area contributed by atoms with Crippen LogP contribution in [0.3, 0.4) is 0 Å². The Hall–Kier alpha value is -1.46. The van der Waals surface area contributed by atoms with Gasteiger partial charge in [-0.05, 0) is 61.0 Å². The quantitative estimate of drug-likeness (QED) is 0.891. The number of tetrazole rings is 1. The SMILES string of the molecule is O=C(O)CC12C[C@H]3C[C@H](C1)CC(n1ncnn1)(C3)C2.